The highest BCUT2D eigenvalue weighted by Gasteiger charge is 2.23. The molecule has 0 atom stereocenters. The number of carbonyl (C=O) groups excluding carboxylic acids is 1. The Balaban J connectivity index is 2.48. The van der Waals surface area contributed by atoms with Gasteiger partial charge in [-0.05, 0) is 23.6 Å². The van der Waals surface area contributed by atoms with Crippen molar-refractivity contribution in [3.8, 4) is 0 Å². The lowest BCUT2D eigenvalue weighted by molar-refractivity contribution is -0.148. The topological polar surface area (TPSA) is 20.3 Å². The molecule has 0 saturated heterocycles. The zero-order valence-electron chi connectivity index (χ0n) is 7.38. The number of carbonyl (C=O) groups is 1. The molecule has 13 heavy (non-hydrogen) atoms. The molecule has 1 heterocycles. The van der Waals surface area contributed by atoms with Gasteiger partial charge in [0.25, 0.3) is 5.91 Å². The standard InChI is InChI=1S/C10H10FNO/c1-7-3-2-4-8-6-12(11)10(13)5-9(7)8/h2-4H,5-6H2,1H3. The SMILES string of the molecule is Cc1cccc2c1CC(=O)N(F)C2. The fraction of sp³-hybridized carbons (Fsp3) is 0.300. The van der Waals surface area contributed by atoms with Crippen LogP contribution in [-0.2, 0) is 17.8 Å². The van der Waals surface area contributed by atoms with E-state index in [1.54, 1.807) is 0 Å². The molecule has 0 fully saturated rings. The van der Waals surface area contributed by atoms with Crippen molar-refractivity contribution >= 4 is 5.91 Å². The Morgan fingerprint density at radius 3 is 3.00 bits per heavy atom. The summed E-state index contributed by atoms with van der Waals surface area (Å²) in [7, 11) is 0. The first kappa shape index (κ1) is 8.23. The van der Waals surface area contributed by atoms with Crippen LogP contribution in [0, 0.1) is 6.92 Å². The van der Waals surface area contributed by atoms with Gasteiger partial charge in [-0.2, -0.15) is 5.12 Å². The normalized spacial score (nSPS) is 15.8. The number of fused-ring (bicyclic) bond motifs is 1. The van der Waals surface area contributed by atoms with Gasteiger partial charge in [0, 0.05) is 0 Å². The van der Waals surface area contributed by atoms with Crippen molar-refractivity contribution in [3.05, 3.63) is 34.9 Å². The predicted octanol–water partition coefficient (Wildman–Crippen LogP) is 1.76. The number of rotatable bonds is 0. The molecule has 2 nitrogen and oxygen atoms in total. The summed E-state index contributed by atoms with van der Waals surface area (Å²) in [5.74, 6) is -0.443. The first-order chi connectivity index (χ1) is 6.18. The number of halogens is 1. The van der Waals surface area contributed by atoms with E-state index in [1.165, 1.54) is 0 Å². The maximum atomic E-state index is 12.9. The molecule has 1 aromatic rings. The fourth-order valence-electron chi connectivity index (χ4n) is 1.64. The number of hydrogen-bond acceptors (Lipinski definition) is 1. The zero-order chi connectivity index (χ0) is 9.42. The summed E-state index contributed by atoms with van der Waals surface area (Å²) in [5.41, 5.74) is 2.97. The molecule has 0 aromatic heterocycles. The summed E-state index contributed by atoms with van der Waals surface area (Å²) < 4.78 is 12.9. The predicted molar refractivity (Wildman–Crippen MR) is 46.5 cm³/mol. The van der Waals surface area contributed by atoms with Crippen molar-refractivity contribution < 1.29 is 9.28 Å². The second-order valence-corrected chi connectivity index (χ2v) is 3.30. The van der Waals surface area contributed by atoms with Crippen LogP contribution in [0.4, 0.5) is 4.48 Å². The van der Waals surface area contributed by atoms with Crippen LogP contribution in [0.5, 0.6) is 0 Å². The second kappa shape index (κ2) is 2.83. The molecule has 0 aliphatic carbocycles. The molecule has 0 radical (unpaired) electrons. The average Bonchev–Trinajstić information content (AvgIpc) is 2.09. The van der Waals surface area contributed by atoms with Crippen molar-refractivity contribution in [2.75, 3.05) is 0 Å². The zero-order valence-corrected chi connectivity index (χ0v) is 7.38. The number of hydrogen-bond donors (Lipinski definition) is 0. The van der Waals surface area contributed by atoms with Gasteiger partial charge in [0.2, 0.25) is 0 Å². The van der Waals surface area contributed by atoms with Gasteiger partial charge in [-0.15, -0.1) is 0 Å². The van der Waals surface area contributed by atoms with E-state index in [1.807, 2.05) is 25.1 Å². The molecule has 0 spiro atoms. The van der Waals surface area contributed by atoms with E-state index in [0.29, 0.717) is 0 Å². The third-order valence-electron chi connectivity index (χ3n) is 2.42. The number of amides is 1. The van der Waals surface area contributed by atoms with Crippen LogP contribution in [0.3, 0.4) is 0 Å². The van der Waals surface area contributed by atoms with Gasteiger partial charge in [-0.1, -0.05) is 22.7 Å². The molecule has 1 aromatic carbocycles. The summed E-state index contributed by atoms with van der Waals surface area (Å²) >= 11 is 0. The minimum Gasteiger partial charge on any atom is -0.272 e. The first-order valence-electron chi connectivity index (χ1n) is 4.22. The molecule has 0 bridgehead atoms. The van der Waals surface area contributed by atoms with Crippen molar-refractivity contribution in [3.63, 3.8) is 0 Å². The lowest BCUT2D eigenvalue weighted by atomic mass is 9.96. The monoisotopic (exact) mass is 179 g/mol. The molecule has 3 heteroatoms. The van der Waals surface area contributed by atoms with E-state index in [9.17, 15) is 9.28 Å². The van der Waals surface area contributed by atoms with Crippen molar-refractivity contribution in [1.29, 1.82) is 0 Å². The van der Waals surface area contributed by atoms with Crippen LogP contribution in [0.25, 0.3) is 0 Å². The van der Waals surface area contributed by atoms with E-state index in [0.717, 1.165) is 16.7 Å². The lowest BCUT2D eigenvalue weighted by Crippen LogP contribution is -2.29. The third kappa shape index (κ3) is 1.30. The summed E-state index contributed by atoms with van der Waals surface area (Å²) in [6, 6.07) is 5.69. The van der Waals surface area contributed by atoms with Crippen LogP contribution < -0.4 is 0 Å². The first-order valence-corrected chi connectivity index (χ1v) is 4.22. The maximum Gasteiger partial charge on any atom is 0.254 e. The molecule has 0 N–H and O–H groups in total. The molecule has 1 amide bonds. The molecule has 2 rings (SSSR count). The molecule has 0 unspecified atom stereocenters. The van der Waals surface area contributed by atoms with Gasteiger partial charge >= 0.3 is 0 Å². The Kier molecular flexibility index (Phi) is 1.79. The van der Waals surface area contributed by atoms with E-state index in [2.05, 4.69) is 0 Å². The Bertz CT molecular complexity index is 362. The Morgan fingerprint density at radius 2 is 2.23 bits per heavy atom. The van der Waals surface area contributed by atoms with Crippen LogP contribution in [0.15, 0.2) is 18.2 Å². The summed E-state index contributed by atoms with van der Waals surface area (Å²) in [6.07, 6.45) is 0.193. The van der Waals surface area contributed by atoms with Crippen molar-refractivity contribution in [2.24, 2.45) is 0 Å². The van der Waals surface area contributed by atoms with E-state index >= 15 is 0 Å². The van der Waals surface area contributed by atoms with Crippen molar-refractivity contribution in [1.82, 2.24) is 5.12 Å². The Hall–Kier alpha value is -1.38. The summed E-state index contributed by atoms with van der Waals surface area (Å²) in [4.78, 5) is 11.1. The third-order valence-corrected chi connectivity index (χ3v) is 2.42. The molecule has 0 saturated carbocycles. The minimum absolute atomic E-state index is 0.0931. The van der Waals surface area contributed by atoms with Gasteiger partial charge in [-0.3, -0.25) is 4.79 Å². The highest BCUT2D eigenvalue weighted by molar-refractivity contribution is 5.80. The average molecular weight is 179 g/mol. The molecule has 68 valence electrons. The fourth-order valence-corrected chi connectivity index (χ4v) is 1.64. The van der Waals surface area contributed by atoms with E-state index in [4.69, 9.17) is 0 Å². The van der Waals surface area contributed by atoms with Gasteiger partial charge < -0.3 is 0 Å². The number of aryl methyl sites for hydroxylation is 1. The number of nitrogens with zero attached hydrogens (tertiary/aromatic N) is 1. The van der Waals surface area contributed by atoms with Gasteiger partial charge in [0.15, 0.2) is 0 Å². The number of benzene rings is 1. The van der Waals surface area contributed by atoms with Gasteiger partial charge in [-0.25, -0.2) is 0 Å². The van der Waals surface area contributed by atoms with Crippen molar-refractivity contribution in [2.45, 2.75) is 19.9 Å². The Labute approximate surface area is 75.9 Å². The van der Waals surface area contributed by atoms with Crippen LogP contribution >= 0.6 is 0 Å². The summed E-state index contributed by atoms with van der Waals surface area (Å²) in [5, 5.41) is 0.280. The van der Waals surface area contributed by atoms with Crippen LogP contribution in [0.1, 0.15) is 16.7 Å². The lowest BCUT2D eigenvalue weighted by Gasteiger charge is -2.22. The molecular weight excluding hydrogens is 169 g/mol. The largest absolute Gasteiger partial charge is 0.272 e. The second-order valence-electron chi connectivity index (χ2n) is 3.30. The molecular formula is C10H10FNO. The van der Waals surface area contributed by atoms with Gasteiger partial charge in [0.05, 0.1) is 13.0 Å². The highest BCUT2D eigenvalue weighted by Crippen LogP contribution is 2.22. The van der Waals surface area contributed by atoms with Gasteiger partial charge in [0.1, 0.15) is 0 Å². The molecule has 1 aliphatic heterocycles. The molecule has 1 aliphatic rings. The van der Waals surface area contributed by atoms with Crippen LogP contribution in [-0.4, -0.2) is 11.0 Å². The van der Waals surface area contributed by atoms with Crippen LogP contribution in [0.2, 0.25) is 0 Å². The Morgan fingerprint density at radius 1 is 1.46 bits per heavy atom. The summed E-state index contributed by atoms with van der Waals surface area (Å²) in [6.45, 7) is 2.04. The smallest absolute Gasteiger partial charge is 0.254 e. The quantitative estimate of drug-likeness (QED) is 0.556. The van der Waals surface area contributed by atoms with E-state index in [-0.39, 0.29) is 18.1 Å². The minimum atomic E-state index is -0.443. The maximum absolute atomic E-state index is 12.9. The highest BCUT2D eigenvalue weighted by atomic mass is 19.2. The van der Waals surface area contributed by atoms with E-state index < -0.39 is 5.91 Å².